The monoisotopic (exact) mass is 303 g/mol. The molecule has 0 fully saturated rings. The number of carbonyl (C=O) groups is 1. The Morgan fingerprint density at radius 1 is 1.22 bits per heavy atom. The topological polar surface area (TPSA) is 43.1 Å². The van der Waals surface area contributed by atoms with Crippen molar-refractivity contribution in [2.45, 2.75) is 13.3 Å². The third-order valence-corrected chi connectivity index (χ3v) is 3.26. The van der Waals surface area contributed by atoms with Crippen LogP contribution in [0.15, 0.2) is 46.9 Å². The Balaban J connectivity index is 2.24. The average Bonchev–Trinajstić information content (AvgIpc) is 2.32. The Labute approximate surface area is 115 Å². The number of rotatable bonds is 3. The van der Waals surface area contributed by atoms with Crippen LogP contribution in [0.25, 0.3) is 0 Å². The first kappa shape index (κ1) is 12.8. The number of nitrogens with two attached hydrogens (primary N) is 1. The zero-order chi connectivity index (χ0) is 13.1. The van der Waals surface area contributed by atoms with Crippen molar-refractivity contribution in [3.8, 4) is 0 Å². The van der Waals surface area contributed by atoms with E-state index >= 15 is 0 Å². The van der Waals surface area contributed by atoms with Crippen LogP contribution in [0.3, 0.4) is 0 Å². The maximum absolute atomic E-state index is 12.2. The second-order valence-corrected chi connectivity index (χ2v) is 5.24. The van der Waals surface area contributed by atoms with Gasteiger partial charge < -0.3 is 5.73 Å². The van der Waals surface area contributed by atoms with Crippen molar-refractivity contribution in [3.05, 3.63) is 63.6 Å². The molecule has 0 bridgehead atoms. The van der Waals surface area contributed by atoms with Gasteiger partial charge in [0.15, 0.2) is 5.78 Å². The lowest BCUT2D eigenvalue weighted by atomic mass is 10.00. The summed E-state index contributed by atoms with van der Waals surface area (Å²) in [6.45, 7) is 1.95. The van der Waals surface area contributed by atoms with E-state index in [9.17, 15) is 4.79 Å². The molecule has 0 atom stereocenters. The molecule has 2 aromatic rings. The summed E-state index contributed by atoms with van der Waals surface area (Å²) in [5, 5.41) is 0. The van der Waals surface area contributed by atoms with E-state index in [4.69, 9.17) is 5.73 Å². The van der Waals surface area contributed by atoms with Crippen molar-refractivity contribution in [1.29, 1.82) is 0 Å². The molecule has 0 spiro atoms. The molecule has 0 aliphatic carbocycles. The van der Waals surface area contributed by atoms with E-state index in [1.807, 2.05) is 43.3 Å². The van der Waals surface area contributed by atoms with Crippen LogP contribution in [0.5, 0.6) is 0 Å². The molecule has 2 N–H and O–H groups in total. The van der Waals surface area contributed by atoms with Gasteiger partial charge in [-0.25, -0.2) is 0 Å². The lowest BCUT2D eigenvalue weighted by Gasteiger charge is -2.06. The van der Waals surface area contributed by atoms with Crippen molar-refractivity contribution >= 4 is 27.4 Å². The Kier molecular flexibility index (Phi) is 3.82. The zero-order valence-electron chi connectivity index (χ0n) is 10.1. The number of Topliss-reactive ketones (excluding diaryl/α,β-unsaturated/α-hetero) is 1. The van der Waals surface area contributed by atoms with E-state index in [2.05, 4.69) is 15.9 Å². The van der Waals surface area contributed by atoms with Crippen LogP contribution in [-0.2, 0) is 6.42 Å². The van der Waals surface area contributed by atoms with Crippen LogP contribution in [0, 0.1) is 6.92 Å². The number of ketones is 1. The summed E-state index contributed by atoms with van der Waals surface area (Å²) in [4.78, 5) is 12.2. The van der Waals surface area contributed by atoms with E-state index in [1.165, 1.54) is 0 Å². The van der Waals surface area contributed by atoms with Crippen LogP contribution < -0.4 is 5.73 Å². The lowest BCUT2D eigenvalue weighted by molar-refractivity contribution is 0.0993. The van der Waals surface area contributed by atoms with Gasteiger partial charge in [0, 0.05) is 22.1 Å². The van der Waals surface area contributed by atoms with Gasteiger partial charge in [-0.15, -0.1) is 0 Å². The Morgan fingerprint density at radius 2 is 2.00 bits per heavy atom. The molecule has 0 aliphatic heterocycles. The second-order valence-electron chi connectivity index (χ2n) is 4.32. The van der Waals surface area contributed by atoms with Gasteiger partial charge in [0.2, 0.25) is 0 Å². The SMILES string of the molecule is Cc1ccc(N)c(C(=O)Cc2cccc(Br)c2)c1. The van der Waals surface area contributed by atoms with E-state index in [0.717, 1.165) is 15.6 Å². The van der Waals surface area contributed by atoms with Gasteiger partial charge in [0.1, 0.15) is 0 Å². The average molecular weight is 304 g/mol. The largest absolute Gasteiger partial charge is 0.398 e. The normalized spacial score (nSPS) is 10.3. The number of anilines is 1. The molecule has 3 heteroatoms. The summed E-state index contributed by atoms with van der Waals surface area (Å²) in [6.07, 6.45) is 0.368. The van der Waals surface area contributed by atoms with Gasteiger partial charge in [-0.3, -0.25) is 4.79 Å². The zero-order valence-corrected chi connectivity index (χ0v) is 11.7. The highest BCUT2D eigenvalue weighted by Crippen LogP contribution is 2.18. The van der Waals surface area contributed by atoms with Crippen molar-refractivity contribution in [1.82, 2.24) is 0 Å². The lowest BCUT2D eigenvalue weighted by Crippen LogP contribution is -2.07. The molecule has 0 unspecified atom stereocenters. The summed E-state index contributed by atoms with van der Waals surface area (Å²) >= 11 is 3.40. The predicted octanol–water partition coefficient (Wildman–Crippen LogP) is 3.77. The first-order chi connectivity index (χ1) is 8.56. The van der Waals surface area contributed by atoms with Crippen LogP contribution in [-0.4, -0.2) is 5.78 Å². The molecule has 0 aliphatic rings. The van der Waals surface area contributed by atoms with Gasteiger partial charge in [-0.1, -0.05) is 39.7 Å². The van der Waals surface area contributed by atoms with E-state index in [1.54, 1.807) is 6.07 Å². The van der Waals surface area contributed by atoms with Gasteiger partial charge >= 0.3 is 0 Å². The minimum atomic E-state index is 0.0503. The highest BCUT2D eigenvalue weighted by molar-refractivity contribution is 9.10. The molecule has 0 radical (unpaired) electrons. The van der Waals surface area contributed by atoms with Crippen LogP contribution >= 0.6 is 15.9 Å². The summed E-state index contributed by atoms with van der Waals surface area (Å²) < 4.78 is 0.977. The fraction of sp³-hybridized carbons (Fsp3) is 0.133. The Morgan fingerprint density at radius 3 is 2.72 bits per heavy atom. The first-order valence-corrected chi connectivity index (χ1v) is 6.49. The standard InChI is InChI=1S/C15H14BrNO/c1-10-5-6-14(17)13(7-10)15(18)9-11-3-2-4-12(16)8-11/h2-8H,9,17H2,1H3. The van der Waals surface area contributed by atoms with Gasteiger partial charge in [0.05, 0.1) is 0 Å². The van der Waals surface area contributed by atoms with Gasteiger partial charge in [0.25, 0.3) is 0 Å². The Bertz CT molecular complexity index is 593. The van der Waals surface area contributed by atoms with Crippen molar-refractivity contribution < 1.29 is 4.79 Å². The van der Waals surface area contributed by atoms with Crippen molar-refractivity contribution in [2.24, 2.45) is 0 Å². The maximum Gasteiger partial charge on any atom is 0.169 e. The van der Waals surface area contributed by atoms with E-state index in [-0.39, 0.29) is 5.78 Å². The third kappa shape index (κ3) is 2.99. The number of nitrogen functional groups attached to an aromatic ring is 1. The molecule has 92 valence electrons. The number of aryl methyl sites for hydroxylation is 1. The molecule has 0 aromatic heterocycles. The molecule has 0 amide bonds. The molecule has 0 saturated carbocycles. The molecule has 18 heavy (non-hydrogen) atoms. The Hall–Kier alpha value is -1.61. The van der Waals surface area contributed by atoms with E-state index in [0.29, 0.717) is 17.7 Å². The molecular formula is C15H14BrNO. The summed E-state index contributed by atoms with van der Waals surface area (Å²) in [7, 11) is 0. The second kappa shape index (κ2) is 5.36. The third-order valence-electron chi connectivity index (χ3n) is 2.76. The van der Waals surface area contributed by atoms with Gasteiger partial charge in [-0.05, 0) is 36.8 Å². The molecular weight excluding hydrogens is 290 g/mol. The highest BCUT2D eigenvalue weighted by atomic mass is 79.9. The molecule has 2 nitrogen and oxygen atoms in total. The predicted molar refractivity (Wildman–Crippen MR) is 77.8 cm³/mol. The molecule has 2 rings (SSSR count). The minimum Gasteiger partial charge on any atom is -0.398 e. The quantitative estimate of drug-likeness (QED) is 0.693. The fourth-order valence-electron chi connectivity index (χ4n) is 1.84. The summed E-state index contributed by atoms with van der Waals surface area (Å²) in [5.74, 6) is 0.0503. The van der Waals surface area contributed by atoms with Crippen molar-refractivity contribution in [3.63, 3.8) is 0 Å². The smallest absolute Gasteiger partial charge is 0.169 e. The number of benzene rings is 2. The molecule has 0 heterocycles. The number of hydrogen-bond donors (Lipinski definition) is 1. The summed E-state index contributed by atoms with van der Waals surface area (Å²) in [5.41, 5.74) is 9.02. The van der Waals surface area contributed by atoms with Crippen LogP contribution in [0.1, 0.15) is 21.5 Å². The van der Waals surface area contributed by atoms with Crippen LogP contribution in [0.2, 0.25) is 0 Å². The number of carbonyl (C=O) groups excluding carboxylic acids is 1. The van der Waals surface area contributed by atoms with Crippen molar-refractivity contribution in [2.75, 3.05) is 5.73 Å². The first-order valence-electron chi connectivity index (χ1n) is 5.70. The fourth-order valence-corrected chi connectivity index (χ4v) is 2.29. The van der Waals surface area contributed by atoms with E-state index < -0.39 is 0 Å². The number of hydrogen-bond acceptors (Lipinski definition) is 2. The maximum atomic E-state index is 12.2. The van der Waals surface area contributed by atoms with Gasteiger partial charge in [-0.2, -0.15) is 0 Å². The molecule has 0 saturated heterocycles. The molecule has 2 aromatic carbocycles. The minimum absolute atomic E-state index is 0.0503. The highest BCUT2D eigenvalue weighted by Gasteiger charge is 2.10. The van der Waals surface area contributed by atoms with Crippen LogP contribution in [0.4, 0.5) is 5.69 Å². The summed E-state index contributed by atoms with van der Waals surface area (Å²) in [6, 6.07) is 13.3. The number of halogens is 1.